The number of benzene rings is 1. The Kier molecular flexibility index (Phi) is 8.94. The lowest BCUT2D eigenvalue weighted by Gasteiger charge is -2.28. The SMILES string of the molecule is CC.COc1ccc(CNc2nc(Cl)cc(N3CCOCC3)c2[N+](=O)[O-])c(OC)c1. The standard InChI is InChI=1S/C18H21ClN4O5.C2H6/c1-26-13-4-3-12(15(9-13)27-2)11-20-18-17(23(24)25)14(10-16(19)21-18)22-5-7-28-8-6-22;1-2/h3-4,9-10H,5-8,11H2,1-2H3,(H,20,21);1-2H3. The molecule has 2 aromatic rings. The van der Waals surface area contributed by atoms with E-state index in [0.717, 1.165) is 5.56 Å². The summed E-state index contributed by atoms with van der Waals surface area (Å²) in [5, 5.41) is 15.0. The number of hydrogen-bond acceptors (Lipinski definition) is 8. The lowest BCUT2D eigenvalue weighted by atomic mass is 10.2. The number of methoxy groups -OCH3 is 2. The van der Waals surface area contributed by atoms with E-state index in [9.17, 15) is 10.1 Å². The molecule has 1 fully saturated rings. The molecule has 10 heteroatoms. The molecule has 1 N–H and O–H groups in total. The van der Waals surface area contributed by atoms with E-state index in [4.69, 9.17) is 25.8 Å². The van der Waals surface area contributed by atoms with Crippen LogP contribution in [0.1, 0.15) is 19.4 Å². The van der Waals surface area contributed by atoms with Crippen LogP contribution < -0.4 is 19.7 Å². The summed E-state index contributed by atoms with van der Waals surface area (Å²) in [6.45, 7) is 6.37. The number of nitro groups is 1. The number of anilines is 2. The van der Waals surface area contributed by atoms with Gasteiger partial charge >= 0.3 is 5.69 Å². The van der Waals surface area contributed by atoms with Gasteiger partial charge in [0.2, 0.25) is 5.82 Å². The number of pyridine rings is 1. The van der Waals surface area contributed by atoms with Crippen molar-refractivity contribution in [3.8, 4) is 11.5 Å². The molecule has 0 amide bonds. The summed E-state index contributed by atoms with van der Waals surface area (Å²) in [6, 6.07) is 6.88. The van der Waals surface area contributed by atoms with Crippen LogP contribution in [0.15, 0.2) is 24.3 Å². The normalized spacial score (nSPS) is 13.2. The Morgan fingerprint density at radius 1 is 1.23 bits per heavy atom. The molecular formula is C20H27ClN4O5. The maximum Gasteiger partial charge on any atom is 0.334 e. The fraction of sp³-hybridized carbons (Fsp3) is 0.450. The Hall–Kier alpha value is -2.78. The van der Waals surface area contributed by atoms with Crippen molar-refractivity contribution in [1.82, 2.24) is 4.98 Å². The molecule has 3 rings (SSSR count). The number of aromatic nitrogens is 1. The first-order chi connectivity index (χ1) is 14.5. The van der Waals surface area contributed by atoms with Crippen molar-refractivity contribution in [3.05, 3.63) is 45.1 Å². The van der Waals surface area contributed by atoms with Crippen LogP contribution in [-0.2, 0) is 11.3 Å². The molecule has 1 aromatic carbocycles. The van der Waals surface area contributed by atoms with Gasteiger partial charge in [-0.2, -0.15) is 0 Å². The third-order valence-electron chi connectivity index (χ3n) is 4.42. The van der Waals surface area contributed by atoms with Gasteiger partial charge in [0, 0.05) is 37.3 Å². The lowest BCUT2D eigenvalue weighted by Crippen LogP contribution is -2.36. The fourth-order valence-electron chi connectivity index (χ4n) is 3.02. The average molecular weight is 439 g/mol. The van der Waals surface area contributed by atoms with E-state index in [0.29, 0.717) is 43.5 Å². The van der Waals surface area contributed by atoms with Gasteiger partial charge in [-0.1, -0.05) is 25.4 Å². The Balaban J connectivity index is 0.00000155. The second-order valence-corrected chi connectivity index (χ2v) is 6.44. The van der Waals surface area contributed by atoms with Gasteiger partial charge in [0.05, 0.1) is 32.4 Å². The molecule has 0 aliphatic carbocycles. The molecule has 1 aliphatic rings. The number of rotatable bonds is 7. The minimum absolute atomic E-state index is 0.108. The average Bonchev–Trinajstić information content (AvgIpc) is 2.78. The van der Waals surface area contributed by atoms with Gasteiger partial charge in [0.15, 0.2) is 0 Å². The van der Waals surface area contributed by atoms with Crippen LogP contribution >= 0.6 is 11.6 Å². The zero-order valence-corrected chi connectivity index (χ0v) is 18.4. The minimum atomic E-state index is -0.443. The molecule has 1 aliphatic heterocycles. The number of nitrogens with zero attached hydrogens (tertiary/aromatic N) is 3. The molecule has 30 heavy (non-hydrogen) atoms. The Morgan fingerprint density at radius 2 is 1.93 bits per heavy atom. The van der Waals surface area contributed by atoms with Gasteiger partial charge in [-0.25, -0.2) is 4.98 Å². The summed E-state index contributed by atoms with van der Waals surface area (Å²) in [4.78, 5) is 17.4. The second kappa shape index (κ2) is 11.4. The number of nitrogens with one attached hydrogen (secondary N) is 1. The minimum Gasteiger partial charge on any atom is -0.497 e. The smallest absolute Gasteiger partial charge is 0.334 e. The van der Waals surface area contributed by atoms with E-state index in [1.54, 1.807) is 26.4 Å². The second-order valence-electron chi connectivity index (χ2n) is 6.05. The van der Waals surface area contributed by atoms with Gasteiger partial charge in [0.1, 0.15) is 22.3 Å². The first-order valence-electron chi connectivity index (χ1n) is 9.66. The van der Waals surface area contributed by atoms with Crippen molar-refractivity contribution < 1.29 is 19.1 Å². The van der Waals surface area contributed by atoms with E-state index in [2.05, 4.69) is 10.3 Å². The predicted molar refractivity (Wildman–Crippen MR) is 117 cm³/mol. The van der Waals surface area contributed by atoms with E-state index in [1.165, 1.54) is 6.07 Å². The molecule has 0 radical (unpaired) electrons. The molecule has 0 atom stereocenters. The summed E-state index contributed by atoms with van der Waals surface area (Å²) in [6.07, 6.45) is 0. The van der Waals surface area contributed by atoms with Crippen LogP contribution in [-0.4, -0.2) is 50.4 Å². The number of halogens is 1. The third kappa shape index (κ3) is 5.64. The van der Waals surface area contributed by atoms with Crippen molar-refractivity contribution in [2.75, 3.05) is 50.7 Å². The van der Waals surface area contributed by atoms with Crippen molar-refractivity contribution in [3.63, 3.8) is 0 Å². The molecule has 0 spiro atoms. The molecule has 9 nitrogen and oxygen atoms in total. The Morgan fingerprint density at radius 3 is 2.53 bits per heavy atom. The predicted octanol–water partition coefficient (Wildman–Crippen LogP) is 4.14. The highest BCUT2D eigenvalue weighted by Gasteiger charge is 2.27. The van der Waals surface area contributed by atoms with Crippen LogP contribution in [0.4, 0.5) is 17.2 Å². The zero-order chi connectivity index (χ0) is 22.1. The monoisotopic (exact) mass is 438 g/mol. The fourth-order valence-corrected chi connectivity index (χ4v) is 3.21. The summed E-state index contributed by atoms with van der Waals surface area (Å²) in [5.41, 5.74) is 1.11. The topological polar surface area (TPSA) is 99.0 Å². The van der Waals surface area contributed by atoms with Crippen molar-refractivity contribution in [1.29, 1.82) is 0 Å². The van der Waals surface area contributed by atoms with Crippen LogP contribution in [0.3, 0.4) is 0 Å². The highest BCUT2D eigenvalue weighted by atomic mass is 35.5. The number of hydrogen-bond donors (Lipinski definition) is 1. The van der Waals surface area contributed by atoms with Crippen molar-refractivity contribution in [2.24, 2.45) is 0 Å². The molecule has 0 bridgehead atoms. The quantitative estimate of drug-likeness (QED) is 0.391. The lowest BCUT2D eigenvalue weighted by molar-refractivity contribution is -0.383. The summed E-state index contributed by atoms with van der Waals surface area (Å²) in [7, 11) is 3.12. The maximum atomic E-state index is 11.8. The van der Waals surface area contributed by atoms with Gasteiger partial charge in [-0.15, -0.1) is 0 Å². The molecular weight excluding hydrogens is 412 g/mol. The van der Waals surface area contributed by atoms with Gasteiger partial charge in [-0.05, 0) is 12.1 Å². The van der Waals surface area contributed by atoms with Crippen LogP contribution in [0, 0.1) is 10.1 Å². The highest BCUT2D eigenvalue weighted by molar-refractivity contribution is 6.30. The van der Waals surface area contributed by atoms with Gasteiger partial charge < -0.3 is 24.4 Å². The molecule has 1 aromatic heterocycles. The van der Waals surface area contributed by atoms with E-state index in [1.807, 2.05) is 24.8 Å². The summed E-state index contributed by atoms with van der Waals surface area (Å²) >= 11 is 6.15. The van der Waals surface area contributed by atoms with Crippen molar-refractivity contribution >= 4 is 28.8 Å². The van der Waals surface area contributed by atoms with Crippen LogP contribution in [0.2, 0.25) is 5.15 Å². The van der Waals surface area contributed by atoms with Gasteiger partial charge in [0.25, 0.3) is 0 Å². The highest BCUT2D eigenvalue weighted by Crippen LogP contribution is 2.37. The number of ether oxygens (including phenoxy) is 3. The first-order valence-corrected chi connectivity index (χ1v) is 10.0. The summed E-state index contributed by atoms with van der Waals surface area (Å²) < 4.78 is 15.9. The van der Waals surface area contributed by atoms with E-state index in [-0.39, 0.29) is 23.2 Å². The summed E-state index contributed by atoms with van der Waals surface area (Å²) in [5.74, 6) is 1.36. The molecule has 2 heterocycles. The molecule has 0 saturated carbocycles. The van der Waals surface area contributed by atoms with Gasteiger partial charge in [-0.3, -0.25) is 10.1 Å². The Labute approximate surface area is 181 Å². The first kappa shape index (κ1) is 23.5. The van der Waals surface area contributed by atoms with E-state index >= 15 is 0 Å². The van der Waals surface area contributed by atoms with Crippen molar-refractivity contribution in [2.45, 2.75) is 20.4 Å². The maximum absolute atomic E-state index is 11.8. The Bertz CT molecular complexity index is 859. The van der Waals surface area contributed by atoms with Crippen LogP contribution in [0.25, 0.3) is 0 Å². The third-order valence-corrected chi connectivity index (χ3v) is 4.61. The zero-order valence-electron chi connectivity index (χ0n) is 17.6. The van der Waals surface area contributed by atoms with E-state index < -0.39 is 4.92 Å². The number of morpholine rings is 1. The van der Waals surface area contributed by atoms with Crippen LogP contribution in [0.5, 0.6) is 11.5 Å². The molecule has 164 valence electrons. The molecule has 0 unspecified atom stereocenters. The largest absolute Gasteiger partial charge is 0.497 e. The molecule has 1 saturated heterocycles.